The highest BCUT2D eigenvalue weighted by Gasteiger charge is 2.41. The van der Waals surface area contributed by atoms with Crippen LogP contribution >= 0.6 is 11.3 Å². The first-order valence-electron chi connectivity index (χ1n) is 8.15. The molecule has 1 fully saturated rings. The van der Waals surface area contributed by atoms with Gasteiger partial charge in [-0.1, -0.05) is 12.8 Å². The van der Waals surface area contributed by atoms with Gasteiger partial charge in [0.15, 0.2) is 0 Å². The smallest absolute Gasteiger partial charge is 0.241 e. The molecule has 0 atom stereocenters. The summed E-state index contributed by atoms with van der Waals surface area (Å²) in [4.78, 5) is 4.81. The van der Waals surface area contributed by atoms with Crippen LogP contribution in [0.4, 0.5) is 0 Å². The number of sulfonamides is 1. The molecule has 0 aliphatic heterocycles. The van der Waals surface area contributed by atoms with Crippen LogP contribution in [0.5, 0.6) is 5.75 Å². The van der Waals surface area contributed by atoms with Gasteiger partial charge in [-0.05, 0) is 51.0 Å². The molecule has 5 nitrogen and oxygen atoms in total. The maximum absolute atomic E-state index is 12.9. The standard InChI is InChI=1S/C17H22N2O3S2/c1-3-22-14-6-8-15(9-7-14)24(20,21)19-17(10-4-5-11-17)16-18-13(2)12-23-16/h6-9,12,19H,3-5,10-11H2,1-2H3. The summed E-state index contributed by atoms with van der Waals surface area (Å²) >= 11 is 1.53. The van der Waals surface area contributed by atoms with Crippen LogP contribution in [-0.2, 0) is 15.6 Å². The molecule has 24 heavy (non-hydrogen) atoms. The lowest BCUT2D eigenvalue weighted by atomic mass is 10.0. The SMILES string of the molecule is CCOc1ccc(S(=O)(=O)NC2(c3nc(C)cs3)CCCC2)cc1. The molecule has 1 aliphatic rings. The Kier molecular flexibility index (Phi) is 4.94. The molecule has 1 saturated carbocycles. The van der Waals surface area contributed by atoms with Gasteiger partial charge in [-0.2, -0.15) is 4.72 Å². The van der Waals surface area contributed by atoms with Gasteiger partial charge in [-0.15, -0.1) is 11.3 Å². The number of hydrogen-bond donors (Lipinski definition) is 1. The van der Waals surface area contributed by atoms with E-state index in [-0.39, 0.29) is 4.90 Å². The van der Waals surface area contributed by atoms with Crippen LogP contribution in [-0.4, -0.2) is 20.0 Å². The molecule has 0 saturated heterocycles. The fourth-order valence-electron chi connectivity index (χ4n) is 3.11. The molecule has 7 heteroatoms. The van der Waals surface area contributed by atoms with E-state index in [1.807, 2.05) is 19.2 Å². The van der Waals surface area contributed by atoms with E-state index < -0.39 is 15.6 Å². The highest BCUT2D eigenvalue weighted by molar-refractivity contribution is 7.89. The molecule has 0 radical (unpaired) electrons. The fourth-order valence-corrected chi connectivity index (χ4v) is 5.61. The monoisotopic (exact) mass is 366 g/mol. The van der Waals surface area contributed by atoms with Crippen molar-refractivity contribution in [2.45, 2.75) is 50.0 Å². The molecule has 1 aliphatic carbocycles. The van der Waals surface area contributed by atoms with E-state index in [0.717, 1.165) is 36.4 Å². The number of nitrogens with zero attached hydrogens (tertiary/aromatic N) is 1. The quantitative estimate of drug-likeness (QED) is 0.848. The van der Waals surface area contributed by atoms with Gasteiger partial charge >= 0.3 is 0 Å². The molecule has 0 amide bonds. The Morgan fingerprint density at radius 3 is 2.46 bits per heavy atom. The van der Waals surface area contributed by atoms with Crippen LogP contribution in [0.2, 0.25) is 0 Å². The summed E-state index contributed by atoms with van der Waals surface area (Å²) in [7, 11) is -3.61. The summed E-state index contributed by atoms with van der Waals surface area (Å²) < 4.78 is 34.1. The lowest BCUT2D eigenvalue weighted by Gasteiger charge is -2.27. The van der Waals surface area contributed by atoms with Crippen molar-refractivity contribution < 1.29 is 13.2 Å². The van der Waals surface area contributed by atoms with Gasteiger partial charge in [0.25, 0.3) is 0 Å². The summed E-state index contributed by atoms with van der Waals surface area (Å²) in [6.45, 7) is 4.38. The summed E-state index contributed by atoms with van der Waals surface area (Å²) in [6.07, 6.45) is 3.58. The van der Waals surface area contributed by atoms with Gasteiger partial charge in [-0.3, -0.25) is 0 Å². The molecule has 2 aromatic rings. The van der Waals surface area contributed by atoms with E-state index in [9.17, 15) is 8.42 Å². The fraction of sp³-hybridized carbons (Fsp3) is 0.471. The highest BCUT2D eigenvalue weighted by Crippen LogP contribution is 2.41. The Morgan fingerprint density at radius 2 is 1.92 bits per heavy atom. The van der Waals surface area contributed by atoms with Gasteiger partial charge in [-0.25, -0.2) is 13.4 Å². The minimum absolute atomic E-state index is 0.255. The second-order valence-corrected chi connectivity index (χ2v) is 8.63. The minimum atomic E-state index is -3.61. The summed E-state index contributed by atoms with van der Waals surface area (Å²) in [5.74, 6) is 0.669. The third-order valence-electron chi connectivity index (χ3n) is 4.26. The van der Waals surface area contributed by atoms with Crippen LogP contribution in [0, 0.1) is 6.92 Å². The average Bonchev–Trinajstić information content (AvgIpc) is 3.18. The third-order valence-corrected chi connectivity index (χ3v) is 6.98. The number of nitrogens with one attached hydrogen (secondary N) is 1. The summed E-state index contributed by atoms with van der Waals surface area (Å²) in [5.41, 5.74) is 0.359. The first-order chi connectivity index (χ1) is 11.5. The minimum Gasteiger partial charge on any atom is -0.494 e. The first kappa shape index (κ1) is 17.4. The molecular weight excluding hydrogens is 344 g/mol. The molecule has 1 heterocycles. The molecule has 1 N–H and O–H groups in total. The van der Waals surface area contributed by atoms with Gasteiger partial charge in [0.05, 0.1) is 17.0 Å². The molecule has 3 rings (SSSR count). The second-order valence-electron chi connectivity index (χ2n) is 6.09. The van der Waals surface area contributed by atoms with Crippen molar-refractivity contribution in [2.24, 2.45) is 0 Å². The summed E-state index contributed by atoms with van der Waals surface area (Å²) in [5, 5.41) is 2.84. The molecule has 130 valence electrons. The molecule has 0 spiro atoms. The lowest BCUT2D eigenvalue weighted by Crippen LogP contribution is -2.43. The Morgan fingerprint density at radius 1 is 1.25 bits per heavy atom. The predicted octanol–water partition coefficient (Wildman–Crippen LogP) is 3.60. The lowest BCUT2D eigenvalue weighted by molar-refractivity contribution is 0.340. The number of thiazole rings is 1. The summed E-state index contributed by atoms with van der Waals surface area (Å²) in [6, 6.07) is 6.55. The zero-order chi connectivity index (χ0) is 17.2. The molecule has 0 bridgehead atoms. The maximum Gasteiger partial charge on any atom is 0.241 e. The van der Waals surface area contributed by atoms with Crippen molar-refractivity contribution in [3.63, 3.8) is 0 Å². The van der Waals surface area contributed by atoms with E-state index >= 15 is 0 Å². The van der Waals surface area contributed by atoms with E-state index in [1.165, 1.54) is 11.3 Å². The van der Waals surface area contributed by atoms with E-state index in [1.54, 1.807) is 24.3 Å². The Hall–Kier alpha value is -1.44. The number of hydrogen-bond acceptors (Lipinski definition) is 5. The van der Waals surface area contributed by atoms with Gasteiger partial charge in [0, 0.05) is 11.1 Å². The second kappa shape index (κ2) is 6.82. The number of benzene rings is 1. The first-order valence-corrected chi connectivity index (χ1v) is 10.5. The van der Waals surface area contributed by atoms with Crippen LogP contribution in [0.3, 0.4) is 0 Å². The number of ether oxygens (including phenoxy) is 1. The Labute approximate surface area is 147 Å². The van der Waals surface area contributed by atoms with Crippen LogP contribution < -0.4 is 9.46 Å². The molecule has 1 aromatic carbocycles. The van der Waals surface area contributed by atoms with Crippen LogP contribution in [0.1, 0.15) is 43.3 Å². The van der Waals surface area contributed by atoms with Crippen LogP contribution in [0.15, 0.2) is 34.5 Å². The maximum atomic E-state index is 12.9. The zero-order valence-electron chi connectivity index (χ0n) is 13.9. The van der Waals surface area contributed by atoms with Crippen LogP contribution in [0.25, 0.3) is 0 Å². The zero-order valence-corrected chi connectivity index (χ0v) is 15.5. The van der Waals surface area contributed by atoms with Crippen molar-refractivity contribution >= 4 is 21.4 Å². The number of aromatic nitrogens is 1. The van der Waals surface area contributed by atoms with E-state index in [2.05, 4.69) is 9.71 Å². The predicted molar refractivity (Wildman–Crippen MR) is 94.9 cm³/mol. The molecular formula is C17H22N2O3S2. The van der Waals surface area contributed by atoms with Crippen molar-refractivity contribution in [2.75, 3.05) is 6.61 Å². The molecule has 1 aromatic heterocycles. The normalized spacial score (nSPS) is 17.1. The Balaban J connectivity index is 1.88. The highest BCUT2D eigenvalue weighted by atomic mass is 32.2. The largest absolute Gasteiger partial charge is 0.494 e. The van der Waals surface area contributed by atoms with Crippen molar-refractivity contribution in [3.8, 4) is 5.75 Å². The topological polar surface area (TPSA) is 68.3 Å². The third kappa shape index (κ3) is 3.48. The number of rotatable bonds is 6. The van der Waals surface area contributed by atoms with E-state index in [4.69, 9.17) is 4.74 Å². The Bertz CT molecular complexity index is 791. The van der Waals surface area contributed by atoms with Gasteiger partial charge in [0.2, 0.25) is 10.0 Å². The number of aryl methyl sites for hydroxylation is 1. The van der Waals surface area contributed by atoms with Gasteiger partial charge < -0.3 is 4.74 Å². The van der Waals surface area contributed by atoms with Crippen molar-refractivity contribution in [1.29, 1.82) is 0 Å². The van der Waals surface area contributed by atoms with Gasteiger partial charge in [0.1, 0.15) is 10.8 Å². The average molecular weight is 367 g/mol. The van der Waals surface area contributed by atoms with Crippen molar-refractivity contribution in [3.05, 3.63) is 40.3 Å². The van der Waals surface area contributed by atoms with Crippen molar-refractivity contribution in [1.82, 2.24) is 9.71 Å². The van der Waals surface area contributed by atoms with E-state index in [0.29, 0.717) is 12.4 Å². The molecule has 0 unspecified atom stereocenters.